The minimum Gasteiger partial charge on any atom is -0.455 e. The number of furan rings is 2. The lowest BCUT2D eigenvalue weighted by Crippen LogP contribution is -2.02. The second-order valence-electron chi connectivity index (χ2n) is 12.3. The van der Waals surface area contributed by atoms with E-state index in [4.69, 9.17) is 23.8 Å². The van der Waals surface area contributed by atoms with Gasteiger partial charge in [-0.15, -0.1) is 0 Å². The number of fused-ring (bicyclic) bond motifs is 6. The molecule has 0 bridgehead atoms. The van der Waals surface area contributed by atoms with Gasteiger partial charge in [0, 0.05) is 49.4 Å². The first kappa shape index (κ1) is 28.0. The first-order valence-electron chi connectivity index (χ1n) is 16.4. The Balaban J connectivity index is 1.11. The number of hydrogen-bond acceptors (Lipinski definition) is 5. The summed E-state index contributed by atoms with van der Waals surface area (Å²) >= 11 is 0. The van der Waals surface area contributed by atoms with E-state index in [2.05, 4.69) is 96.4 Å². The summed E-state index contributed by atoms with van der Waals surface area (Å²) in [5, 5.41) is 4.20. The Morgan fingerprint density at radius 1 is 0.420 bits per heavy atom. The molecule has 0 atom stereocenters. The van der Waals surface area contributed by atoms with Crippen molar-refractivity contribution in [3.63, 3.8) is 0 Å². The van der Waals surface area contributed by atoms with Gasteiger partial charge in [0.1, 0.15) is 22.3 Å². The molecule has 50 heavy (non-hydrogen) atoms. The van der Waals surface area contributed by atoms with Crippen LogP contribution in [0.25, 0.3) is 94.5 Å². The maximum Gasteiger partial charge on any atom is 0.164 e. The Hall–Kier alpha value is -7.03. The van der Waals surface area contributed by atoms with E-state index in [-0.39, 0.29) is 0 Å². The van der Waals surface area contributed by atoms with Gasteiger partial charge in [0.25, 0.3) is 0 Å². The van der Waals surface area contributed by atoms with Crippen LogP contribution in [-0.4, -0.2) is 15.0 Å². The molecule has 0 saturated carbocycles. The Kier molecular flexibility index (Phi) is 6.33. The van der Waals surface area contributed by atoms with Crippen LogP contribution in [0, 0.1) is 0 Å². The summed E-state index contributed by atoms with van der Waals surface area (Å²) < 4.78 is 13.3. The summed E-state index contributed by atoms with van der Waals surface area (Å²) in [5.41, 5.74) is 16.0. The molecule has 0 radical (unpaired) electrons. The Morgan fingerprint density at radius 3 is 1.60 bits per heavy atom. The van der Waals surface area contributed by atoms with E-state index < -0.39 is 0 Å². The SMILES string of the molecule is C1=C=CC(c2nc(-c3ccccc3)nc(-c3ccc4c(c3)oc3c(-c5cccc6c5oc5cc(-c7ccccc7)ccc56)cccc34)n2)=CC=1. The fourth-order valence-electron chi connectivity index (χ4n) is 6.81. The Morgan fingerprint density at radius 2 is 0.980 bits per heavy atom. The fraction of sp³-hybridized carbons (Fsp3) is 0. The summed E-state index contributed by atoms with van der Waals surface area (Å²) in [5.74, 6) is 1.73. The van der Waals surface area contributed by atoms with E-state index in [1.165, 1.54) is 0 Å². The predicted molar refractivity (Wildman–Crippen MR) is 200 cm³/mol. The van der Waals surface area contributed by atoms with E-state index >= 15 is 0 Å². The van der Waals surface area contributed by atoms with E-state index in [1.54, 1.807) is 0 Å². The average molecular weight is 640 g/mol. The third kappa shape index (κ3) is 4.62. The molecule has 1 aliphatic carbocycles. The number of para-hydroxylation sites is 2. The zero-order valence-electron chi connectivity index (χ0n) is 26.6. The highest BCUT2D eigenvalue weighted by Crippen LogP contribution is 2.42. The van der Waals surface area contributed by atoms with E-state index in [9.17, 15) is 0 Å². The molecule has 10 rings (SSSR count). The first-order valence-corrected chi connectivity index (χ1v) is 16.4. The van der Waals surface area contributed by atoms with Gasteiger partial charge in [-0.3, -0.25) is 0 Å². The zero-order chi connectivity index (χ0) is 33.0. The molecule has 0 fully saturated rings. The van der Waals surface area contributed by atoms with Crippen LogP contribution < -0.4 is 0 Å². The summed E-state index contributed by atoms with van der Waals surface area (Å²) in [6, 6.07) is 45.5. The van der Waals surface area contributed by atoms with E-state index in [0.717, 1.165) is 82.8 Å². The summed E-state index contributed by atoms with van der Waals surface area (Å²) in [4.78, 5) is 14.6. The van der Waals surface area contributed by atoms with Gasteiger partial charge in [-0.05, 0) is 53.6 Å². The highest BCUT2D eigenvalue weighted by atomic mass is 16.3. The van der Waals surface area contributed by atoms with Gasteiger partial charge in [-0.2, -0.15) is 0 Å². The van der Waals surface area contributed by atoms with Crippen LogP contribution in [0.3, 0.4) is 0 Å². The minimum atomic E-state index is 0.561. The van der Waals surface area contributed by atoms with Crippen molar-refractivity contribution >= 4 is 49.5 Å². The monoisotopic (exact) mass is 639 g/mol. The van der Waals surface area contributed by atoms with Crippen molar-refractivity contribution in [2.75, 3.05) is 0 Å². The smallest absolute Gasteiger partial charge is 0.164 e. The van der Waals surface area contributed by atoms with Gasteiger partial charge in [0.05, 0.1) is 0 Å². The molecule has 0 N–H and O–H groups in total. The second kappa shape index (κ2) is 11.3. The number of benzene rings is 6. The quantitative estimate of drug-likeness (QED) is 0.175. The highest BCUT2D eigenvalue weighted by molar-refractivity contribution is 6.15. The average Bonchev–Trinajstić information content (AvgIpc) is 3.76. The Labute approximate surface area is 286 Å². The molecule has 9 aromatic rings. The van der Waals surface area contributed by atoms with Crippen LogP contribution in [0.15, 0.2) is 172 Å². The normalized spacial score (nSPS) is 12.4. The van der Waals surface area contributed by atoms with E-state index in [0.29, 0.717) is 17.5 Å². The van der Waals surface area contributed by atoms with Crippen molar-refractivity contribution < 1.29 is 8.83 Å². The second-order valence-corrected chi connectivity index (χ2v) is 12.3. The van der Waals surface area contributed by atoms with E-state index in [1.807, 2.05) is 66.8 Å². The van der Waals surface area contributed by atoms with Crippen LogP contribution >= 0.6 is 0 Å². The first-order chi connectivity index (χ1) is 24.8. The molecule has 3 aromatic heterocycles. The van der Waals surface area contributed by atoms with Crippen LogP contribution in [0.1, 0.15) is 5.82 Å². The molecule has 3 heterocycles. The third-order valence-electron chi connectivity index (χ3n) is 9.24. The van der Waals surface area contributed by atoms with Gasteiger partial charge >= 0.3 is 0 Å². The van der Waals surface area contributed by atoms with Gasteiger partial charge in [0.15, 0.2) is 17.5 Å². The lowest BCUT2D eigenvalue weighted by atomic mass is 9.99. The van der Waals surface area contributed by atoms with Crippen molar-refractivity contribution in [1.29, 1.82) is 0 Å². The molecule has 0 aliphatic heterocycles. The van der Waals surface area contributed by atoms with Crippen molar-refractivity contribution in [2.45, 2.75) is 0 Å². The summed E-state index contributed by atoms with van der Waals surface area (Å²) in [6.07, 6.45) is 5.58. The summed E-state index contributed by atoms with van der Waals surface area (Å²) in [6.45, 7) is 0. The van der Waals surface area contributed by atoms with Crippen LogP contribution in [-0.2, 0) is 0 Å². The zero-order valence-corrected chi connectivity index (χ0v) is 26.6. The third-order valence-corrected chi connectivity index (χ3v) is 9.24. The van der Waals surface area contributed by atoms with Gasteiger partial charge < -0.3 is 8.83 Å². The van der Waals surface area contributed by atoms with Crippen molar-refractivity contribution in [3.05, 3.63) is 169 Å². The van der Waals surface area contributed by atoms with Crippen LogP contribution in [0.5, 0.6) is 0 Å². The topological polar surface area (TPSA) is 65.0 Å². The highest BCUT2D eigenvalue weighted by Gasteiger charge is 2.19. The molecular formula is C45H25N3O2. The lowest BCUT2D eigenvalue weighted by molar-refractivity contribution is 0.665. The maximum atomic E-state index is 6.71. The van der Waals surface area contributed by atoms with Gasteiger partial charge in [-0.1, -0.05) is 121 Å². The molecule has 232 valence electrons. The standard InChI is InChI=1S/C45H25N3O2/c1-4-12-28(13-5-1)31-22-24-33-35-18-10-20-37(41(35)49-39(33)26-31)38-21-11-19-36-34-25-23-32(27-40(34)50-42(36)38)45-47-43(29-14-6-2-7-15-29)46-44(48-45)30-16-8-3-9-17-30/h1-2,4-8,10-27H. The van der Waals surface area contributed by atoms with Crippen molar-refractivity contribution in [2.24, 2.45) is 0 Å². The molecule has 0 saturated heterocycles. The summed E-state index contributed by atoms with van der Waals surface area (Å²) in [7, 11) is 0. The molecular weight excluding hydrogens is 615 g/mol. The maximum absolute atomic E-state index is 6.71. The molecule has 5 heteroatoms. The van der Waals surface area contributed by atoms with Crippen molar-refractivity contribution in [1.82, 2.24) is 15.0 Å². The molecule has 0 spiro atoms. The minimum absolute atomic E-state index is 0.561. The molecule has 0 amide bonds. The number of nitrogens with zero attached hydrogens (tertiary/aromatic N) is 3. The van der Waals surface area contributed by atoms with Gasteiger partial charge in [0.2, 0.25) is 0 Å². The largest absolute Gasteiger partial charge is 0.455 e. The number of aromatic nitrogens is 3. The predicted octanol–water partition coefficient (Wildman–Crippen LogP) is 11.6. The molecule has 5 nitrogen and oxygen atoms in total. The Bertz CT molecular complexity index is 2940. The van der Waals surface area contributed by atoms with Crippen LogP contribution in [0.4, 0.5) is 0 Å². The van der Waals surface area contributed by atoms with Gasteiger partial charge in [-0.25, -0.2) is 15.0 Å². The molecule has 6 aromatic carbocycles. The number of allylic oxidation sites excluding steroid dienone is 4. The molecule has 0 unspecified atom stereocenters. The fourth-order valence-corrected chi connectivity index (χ4v) is 6.81. The lowest BCUT2D eigenvalue weighted by Gasteiger charge is -2.08. The number of rotatable bonds is 5. The van der Waals surface area contributed by atoms with Crippen LogP contribution in [0.2, 0.25) is 0 Å². The van der Waals surface area contributed by atoms with Crippen molar-refractivity contribution in [3.8, 4) is 45.0 Å². The molecule has 1 aliphatic rings. The number of hydrogen-bond donors (Lipinski definition) is 0.